The van der Waals surface area contributed by atoms with Gasteiger partial charge in [-0.3, -0.25) is 4.72 Å². The predicted molar refractivity (Wildman–Crippen MR) is 86.6 cm³/mol. The van der Waals surface area contributed by atoms with Crippen LogP contribution in [0.3, 0.4) is 0 Å². The highest BCUT2D eigenvalue weighted by atomic mass is 32.2. The Morgan fingerprint density at radius 2 is 1.95 bits per heavy atom. The zero-order chi connectivity index (χ0) is 16.1. The summed E-state index contributed by atoms with van der Waals surface area (Å²) in [6.07, 6.45) is 0.575. The van der Waals surface area contributed by atoms with Crippen molar-refractivity contribution in [1.82, 2.24) is 0 Å². The molecule has 0 unspecified atom stereocenters. The third-order valence-electron chi connectivity index (χ3n) is 2.86. The first kappa shape index (κ1) is 17.5. The van der Waals surface area contributed by atoms with Crippen LogP contribution >= 0.6 is 0 Å². The number of aliphatic hydroxyl groups is 1. The second-order valence-electron chi connectivity index (χ2n) is 6.24. The minimum absolute atomic E-state index is 0.0401. The van der Waals surface area contributed by atoms with Crippen LogP contribution in [-0.4, -0.2) is 25.9 Å². The molecule has 0 spiro atoms. The Kier molecular flexibility index (Phi) is 5.82. The summed E-state index contributed by atoms with van der Waals surface area (Å²) < 4.78 is 26.9. The van der Waals surface area contributed by atoms with Gasteiger partial charge < -0.3 is 5.11 Å². The maximum Gasteiger partial charge on any atom is 0.232 e. The molecule has 0 radical (unpaired) electrons. The zero-order valence-corrected chi connectivity index (χ0v) is 13.8. The summed E-state index contributed by atoms with van der Waals surface area (Å²) in [6.45, 7) is 7.66. The molecule has 0 atom stereocenters. The Balaban J connectivity index is 2.96. The van der Waals surface area contributed by atoms with E-state index >= 15 is 0 Å². The van der Waals surface area contributed by atoms with Crippen LogP contribution in [0.25, 0.3) is 0 Å². The largest absolute Gasteiger partial charge is 0.384 e. The average molecular weight is 309 g/mol. The van der Waals surface area contributed by atoms with E-state index in [1.165, 1.54) is 0 Å². The van der Waals surface area contributed by atoms with Crippen molar-refractivity contribution in [3.8, 4) is 11.8 Å². The molecule has 1 aromatic carbocycles. The van der Waals surface area contributed by atoms with Gasteiger partial charge >= 0.3 is 0 Å². The van der Waals surface area contributed by atoms with Crippen LogP contribution in [0.4, 0.5) is 5.69 Å². The molecule has 0 aliphatic heterocycles. The first-order valence-electron chi connectivity index (χ1n) is 6.84. The molecule has 0 aliphatic rings. The summed E-state index contributed by atoms with van der Waals surface area (Å²) in [6, 6.07) is 5.32. The van der Waals surface area contributed by atoms with Gasteiger partial charge in [-0.15, -0.1) is 0 Å². The van der Waals surface area contributed by atoms with Gasteiger partial charge in [-0.05, 0) is 36.5 Å². The topological polar surface area (TPSA) is 66.4 Å². The molecule has 116 valence electrons. The van der Waals surface area contributed by atoms with E-state index in [0.29, 0.717) is 17.7 Å². The van der Waals surface area contributed by atoms with Crippen molar-refractivity contribution in [2.24, 2.45) is 5.41 Å². The number of aliphatic hydroxyl groups excluding tert-OH is 1. The smallest absolute Gasteiger partial charge is 0.232 e. The highest BCUT2D eigenvalue weighted by Gasteiger charge is 2.18. The Bertz CT molecular complexity index is 646. The lowest BCUT2D eigenvalue weighted by Gasteiger charge is -2.18. The summed E-state index contributed by atoms with van der Waals surface area (Å²) >= 11 is 0. The van der Waals surface area contributed by atoms with E-state index in [1.54, 1.807) is 12.1 Å². The number of anilines is 1. The zero-order valence-electron chi connectivity index (χ0n) is 13.0. The highest BCUT2D eigenvalue weighted by molar-refractivity contribution is 7.92. The van der Waals surface area contributed by atoms with Crippen LogP contribution in [0.2, 0.25) is 0 Å². The average Bonchev–Trinajstić information content (AvgIpc) is 2.36. The van der Waals surface area contributed by atoms with E-state index in [0.717, 1.165) is 5.56 Å². The molecule has 0 fully saturated rings. The molecule has 0 saturated carbocycles. The Labute approximate surface area is 127 Å². The van der Waals surface area contributed by atoms with Crippen molar-refractivity contribution in [1.29, 1.82) is 0 Å². The van der Waals surface area contributed by atoms with Crippen LogP contribution in [0.5, 0.6) is 0 Å². The molecule has 2 N–H and O–H groups in total. The fourth-order valence-corrected chi connectivity index (χ4v) is 3.14. The van der Waals surface area contributed by atoms with E-state index in [2.05, 4.69) is 16.6 Å². The number of aryl methyl sites for hydroxylation is 1. The van der Waals surface area contributed by atoms with Crippen LogP contribution in [-0.2, 0) is 10.0 Å². The maximum atomic E-state index is 12.1. The second-order valence-corrected chi connectivity index (χ2v) is 8.08. The van der Waals surface area contributed by atoms with Gasteiger partial charge in [0, 0.05) is 5.56 Å². The SMILES string of the molecule is Cc1ccc(NS(=O)(=O)CCC(C)(C)C)c(C#CCO)c1. The van der Waals surface area contributed by atoms with Gasteiger partial charge in [-0.2, -0.15) is 0 Å². The lowest BCUT2D eigenvalue weighted by Crippen LogP contribution is -2.21. The minimum Gasteiger partial charge on any atom is -0.384 e. The van der Waals surface area contributed by atoms with Crippen molar-refractivity contribution >= 4 is 15.7 Å². The Hall–Kier alpha value is -1.51. The molecule has 0 bridgehead atoms. The van der Waals surface area contributed by atoms with Gasteiger partial charge in [-0.25, -0.2) is 8.42 Å². The fraction of sp³-hybridized carbons (Fsp3) is 0.500. The molecule has 0 saturated heterocycles. The molecular formula is C16H23NO3S. The summed E-state index contributed by atoms with van der Waals surface area (Å²) in [5.74, 6) is 5.38. The van der Waals surface area contributed by atoms with Gasteiger partial charge in [0.1, 0.15) is 6.61 Å². The van der Waals surface area contributed by atoms with Crippen molar-refractivity contribution < 1.29 is 13.5 Å². The summed E-state index contributed by atoms with van der Waals surface area (Å²) in [4.78, 5) is 0. The van der Waals surface area contributed by atoms with E-state index in [9.17, 15) is 8.42 Å². The van der Waals surface area contributed by atoms with Crippen molar-refractivity contribution in [2.45, 2.75) is 34.1 Å². The van der Waals surface area contributed by atoms with Gasteiger partial charge in [0.15, 0.2) is 0 Å². The van der Waals surface area contributed by atoms with Crippen molar-refractivity contribution in [3.63, 3.8) is 0 Å². The van der Waals surface area contributed by atoms with Crippen LogP contribution in [0, 0.1) is 24.2 Å². The number of benzene rings is 1. The number of nitrogens with one attached hydrogen (secondary N) is 1. The summed E-state index contributed by atoms with van der Waals surface area (Å²) in [5, 5.41) is 8.78. The molecule has 1 rings (SSSR count). The maximum absolute atomic E-state index is 12.1. The predicted octanol–water partition coefficient (Wildman–Crippen LogP) is 2.52. The molecule has 5 heteroatoms. The lowest BCUT2D eigenvalue weighted by atomic mass is 9.94. The first-order valence-corrected chi connectivity index (χ1v) is 8.49. The Morgan fingerprint density at radius 1 is 1.29 bits per heavy atom. The van der Waals surface area contributed by atoms with Crippen LogP contribution < -0.4 is 4.72 Å². The number of rotatable bonds is 4. The van der Waals surface area contributed by atoms with E-state index < -0.39 is 10.0 Å². The monoisotopic (exact) mass is 309 g/mol. The number of sulfonamides is 1. The molecule has 21 heavy (non-hydrogen) atoms. The Morgan fingerprint density at radius 3 is 2.52 bits per heavy atom. The van der Waals surface area contributed by atoms with Gasteiger partial charge in [-0.1, -0.05) is 38.7 Å². The number of hydrogen-bond donors (Lipinski definition) is 2. The first-order chi connectivity index (χ1) is 9.63. The molecule has 1 aromatic rings. The van der Waals surface area contributed by atoms with Gasteiger partial charge in [0.25, 0.3) is 0 Å². The molecule has 4 nitrogen and oxygen atoms in total. The molecular weight excluding hydrogens is 286 g/mol. The summed E-state index contributed by atoms with van der Waals surface area (Å²) in [5.41, 5.74) is 1.97. The van der Waals surface area contributed by atoms with Gasteiger partial charge in [0.05, 0.1) is 11.4 Å². The van der Waals surface area contributed by atoms with Crippen molar-refractivity contribution in [3.05, 3.63) is 29.3 Å². The molecule has 0 amide bonds. The van der Waals surface area contributed by atoms with Gasteiger partial charge in [0.2, 0.25) is 10.0 Å². The van der Waals surface area contributed by atoms with E-state index in [-0.39, 0.29) is 17.8 Å². The lowest BCUT2D eigenvalue weighted by molar-refractivity contribution is 0.350. The third-order valence-corrected chi connectivity index (χ3v) is 4.14. The minimum atomic E-state index is -3.41. The molecule has 0 aliphatic carbocycles. The van der Waals surface area contributed by atoms with Crippen LogP contribution in [0.15, 0.2) is 18.2 Å². The fourth-order valence-electron chi connectivity index (χ4n) is 1.64. The van der Waals surface area contributed by atoms with E-state index in [1.807, 2.05) is 33.8 Å². The summed E-state index contributed by atoms with van der Waals surface area (Å²) in [7, 11) is -3.41. The molecule has 0 aromatic heterocycles. The normalized spacial score (nSPS) is 11.7. The molecule has 0 heterocycles. The van der Waals surface area contributed by atoms with Crippen LogP contribution in [0.1, 0.15) is 38.3 Å². The quantitative estimate of drug-likeness (QED) is 0.840. The second kappa shape index (κ2) is 6.97. The van der Waals surface area contributed by atoms with Crippen molar-refractivity contribution in [2.75, 3.05) is 17.1 Å². The highest BCUT2D eigenvalue weighted by Crippen LogP contribution is 2.22. The third kappa shape index (κ3) is 6.65. The standard InChI is InChI=1S/C16H23NO3S/c1-13-7-8-15(14(12-13)6-5-10-18)17-21(19,20)11-9-16(2,3)4/h7-8,12,17-18H,9-11H2,1-4H3. The van der Waals surface area contributed by atoms with E-state index in [4.69, 9.17) is 5.11 Å². The number of hydrogen-bond acceptors (Lipinski definition) is 3.